The zero-order valence-electron chi connectivity index (χ0n) is 9.50. The molecule has 2 heteroatoms. The Morgan fingerprint density at radius 3 is 2.07 bits per heavy atom. The van der Waals surface area contributed by atoms with Crippen LogP contribution in [-0.2, 0) is 6.42 Å². The predicted molar refractivity (Wildman–Crippen MR) is 71.5 cm³/mol. The molecule has 2 unspecified atom stereocenters. The molecule has 2 atom stereocenters. The van der Waals surface area contributed by atoms with Crippen LogP contribution in [0, 0.1) is 11.8 Å². The smallest absolute Gasteiger partial charge is 0.0341 e. The zero-order valence-corrected chi connectivity index (χ0v) is 11.8. The van der Waals surface area contributed by atoms with E-state index in [1.807, 2.05) is 0 Å². The molecule has 84 valence electrons. The van der Waals surface area contributed by atoms with Crippen LogP contribution in [0.5, 0.6) is 0 Å². The van der Waals surface area contributed by atoms with E-state index in [0.717, 1.165) is 10.9 Å². The van der Waals surface area contributed by atoms with Crippen molar-refractivity contribution in [2.75, 3.05) is 0 Å². The van der Waals surface area contributed by atoms with Gasteiger partial charge in [0.2, 0.25) is 0 Å². The molecule has 0 aliphatic carbocycles. The summed E-state index contributed by atoms with van der Waals surface area (Å²) in [5.41, 5.74) is 1.37. The molecule has 0 aliphatic rings. The monoisotopic (exact) mass is 288 g/mol. The molecule has 1 aromatic carbocycles. The maximum absolute atomic E-state index is 6.21. The van der Waals surface area contributed by atoms with Gasteiger partial charge >= 0.3 is 0 Å². The molecule has 0 saturated carbocycles. The minimum Gasteiger partial charge on any atom is -0.123 e. The van der Waals surface area contributed by atoms with Crippen LogP contribution >= 0.6 is 27.5 Å². The number of hydrogen-bond acceptors (Lipinski definition) is 0. The molecule has 0 bridgehead atoms. The molecule has 0 nitrogen and oxygen atoms in total. The third-order valence-electron chi connectivity index (χ3n) is 2.83. The van der Waals surface area contributed by atoms with Crippen molar-refractivity contribution in [3.8, 4) is 0 Å². The fraction of sp³-hybridized carbons (Fsp3) is 0.538. The van der Waals surface area contributed by atoms with E-state index in [1.54, 1.807) is 0 Å². The Labute approximate surface area is 106 Å². The third kappa shape index (κ3) is 4.16. The van der Waals surface area contributed by atoms with Crippen molar-refractivity contribution >= 4 is 27.5 Å². The van der Waals surface area contributed by atoms with E-state index < -0.39 is 0 Å². The van der Waals surface area contributed by atoms with Gasteiger partial charge in [0.15, 0.2) is 0 Å². The van der Waals surface area contributed by atoms with E-state index in [9.17, 15) is 0 Å². The van der Waals surface area contributed by atoms with Crippen molar-refractivity contribution in [3.05, 3.63) is 34.3 Å². The van der Waals surface area contributed by atoms with Crippen LogP contribution < -0.4 is 0 Å². The second-order valence-corrected chi connectivity index (χ2v) is 6.02. The van der Waals surface area contributed by atoms with Crippen LogP contribution in [0.3, 0.4) is 0 Å². The molecule has 0 spiro atoms. The van der Waals surface area contributed by atoms with Gasteiger partial charge in [-0.15, -0.1) is 11.6 Å². The molecule has 0 heterocycles. The first-order valence-corrected chi connectivity index (χ1v) is 6.62. The summed E-state index contributed by atoms with van der Waals surface area (Å²) in [5.74, 6) is 1.17. The summed E-state index contributed by atoms with van der Waals surface area (Å²) in [4.78, 5) is 0. The number of hydrogen-bond donors (Lipinski definition) is 0. The summed E-state index contributed by atoms with van der Waals surface area (Å²) in [6.45, 7) is 6.57. The van der Waals surface area contributed by atoms with E-state index >= 15 is 0 Å². The van der Waals surface area contributed by atoms with E-state index in [-0.39, 0.29) is 5.38 Å². The molecule has 1 rings (SSSR count). The fourth-order valence-electron chi connectivity index (χ4n) is 1.82. The lowest BCUT2D eigenvalue weighted by Gasteiger charge is -2.23. The average molecular weight is 290 g/mol. The summed E-state index contributed by atoms with van der Waals surface area (Å²) < 4.78 is 1.13. The van der Waals surface area contributed by atoms with Gasteiger partial charge in [0.05, 0.1) is 0 Å². The Bertz CT molecular complexity index is 282. The molecule has 0 saturated heterocycles. The van der Waals surface area contributed by atoms with Crippen LogP contribution in [0.1, 0.15) is 26.3 Å². The van der Waals surface area contributed by atoms with Crippen LogP contribution in [0.15, 0.2) is 28.7 Å². The first-order chi connectivity index (χ1) is 7.00. The summed E-state index contributed by atoms with van der Waals surface area (Å²) in [7, 11) is 0. The molecular formula is C13H18BrCl. The predicted octanol–water partition coefficient (Wildman–Crippen LogP) is 4.89. The first-order valence-electron chi connectivity index (χ1n) is 5.39. The van der Waals surface area contributed by atoms with Crippen LogP contribution in [-0.4, -0.2) is 5.38 Å². The van der Waals surface area contributed by atoms with Crippen molar-refractivity contribution in [3.63, 3.8) is 0 Å². The van der Waals surface area contributed by atoms with E-state index in [4.69, 9.17) is 11.6 Å². The van der Waals surface area contributed by atoms with Crippen molar-refractivity contribution in [1.82, 2.24) is 0 Å². The SMILES string of the molecule is CC(C)C(Cc1ccc(Br)cc1)C(C)Cl. The van der Waals surface area contributed by atoms with Crippen molar-refractivity contribution in [2.45, 2.75) is 32.6 Å². The number of rotatable bonds is 4. The van der Waals surface area contributed by atoms with E-state index in [2.05, 4.69) is 61.0 Å². The molecular weight excluding hydrogens is 272 g/mol. The first kappa shape index (κ1) is 13.1. The van der Waals surface area contributed by atoms with Crippen LogP contribution in [0.2, 0.25) is 0 Å². The number of alkyl halides is 1. The lowest BCUT2D eigenvalue weighted by molar-refractivity contribution is 0.376. The minimum atomic E-state index is 0.230. The summed E-state index contributed by atoms with van der Waals surface area (Å²) >= 11 is 9.65. The second-order valence-electron chi connectivity index (χ2n) is 4.42. The van der Waals surface area contributed by atoms with Gasteiger partial charge in [0.25, 0.3) is 0 Å². The Hall–Kier alpha value is -0.0100. The Balaban J connectivity index is 2.70. The third-order valence-corrected chi connectivity index (χ3v) is 3.68. The Morgan fingerprint density at radius 1 is 1.13 bits per heavy atom. The fourth-order valence-corrected chi connectivity index (χ4v) is 2.47. The van der Waals surface area contributed by atoms with Gasteiger partial charge in [-0.3, -0.25) is 0 Å². The highest BCUT2D eigenvalue weighted by molar-refractivity contribution is 9.10. The van der Waals surface area contributed by atoms with Gasteiger partial charge in [0, 0.05) is 9.85 Å². The van der Waals surface area contributed by atoms with Gasteiger partial charge in [-0.2, -0.15) is 0 Å². The molecule has 0 aliphatic heterocycles. The zero-order chi connectivity index (χ0) is 11.4. The minimum absolute atomic E-state index is 0.230. The second kappa shape index (κ2) is 5.91. The van der Waals surface area contributed by atoms with Crippen LogP contribution in [0.4, 0.5) is 0 Å². The van der Waals surface area contributed by atoms with E-state index in [1.165, 1.54) is 5.56 Å². The molecule has 15 heavy (non-hydrogen) atoms. The standard InChI is InChI=1S/C13H18BrCl/c1-9(2)13(10(3)15)8-11-4-6-12(14)7-5-11/h4-7,9-10,13H,8H2,1-3H3. The highest BCUT2D eigenvalue weighted by Gasteiger charge is 2.19. The number of benzene rings is 1. The largest absolute Gasteiger partial charge is 0.123 e. The summed E-state index contributed by atoms with van der Waals surface area (Å²) in [6.07, 6.45) is 1.07. The van der Waals surface area contributed by atoms with Crippen LogP contribution in [0.25, 0.3) is 0 Å². The number of halogens is 2. The van der Waals surface area contributed by atoms with Gasteiger partial charge in [-0.1, -0.05) is 41.9 Å². The molecule has 0 N–H and O–H groups in total. The van der Waals surface area contributed by atoms with Crippen molar-refractivity contribution < 1.29 is 0 Å². The Morgan fingerprint density at radius 2 is 1.67 bits per heavy atom. The van der Waals surface area contributed by atoms with Gasteiger partial charge in [0.1, 0.15) is 0 Å². The quantitative estimate of drug-likeness (QED) is 0.692. The van der Waals surface area contributed by atoms with Gasteiger partial charge in [-0.05, 0) is 42.9 Å². The molecule has 0 fully saturated rings. The summed E-state index contributed by atoms with van der Waals surface area (Å²) in [6, 6.07) is 8.51. The van der Waals surface area contributed by atoms with Gasteiger partial charge in [-0.25, -0.2) is 0 Å². The van der Waals surface area contributed by atoms with E-state index in [0.29, 0.717) is 11.8 Å². The lowest BCUT2D eigenvalue weighted by Crippen LogP contribution is -2.20. The molecule has 1 aromatic rings. The molecule has 0 radical (unpaired) electrons. The molecule has 0 amide bonds. The Kier molecular flexibility index (Phi) is 5.14. The highest BCUT2D eigenvalue weighted by Crippen LogP contribution is 2.24. The van der Waals surface area contributed by atoms with Crippen molar-refractivity contribution in [2.24, 2.45) is 11.8 Å². The highest BCUT2D eigenvalue weighted by atomic mass is 79.9. The average Bonchev–Trinajstić information content (AvgIpc) is 2.15. The topological polar surface area (TPSA) is 0 Å². The van der Waals surface area contributed by atoms with Gasteiger partial charge < -0.3 is 0 Å². The maximum Gasteiger partial charge on any atom is 0.0341 e. The van der Waals surface area contributed by atoms with Crippen molar-refractivity contribution in [1.29, 1.82) is 0 Å². The maximum atomic E-state index is 6.21. The summed E-state index contributed by atoms with van der Waals surface area (Å²) in [5, 5.41) is 0.230. The lowest BCUT2D eigenvalue weighted by atomic mass is 9.87. The molecule has 0 aromatic heterocycles. The normalized spacial score (nSPS) is 15.3.